The average Bonchev–Trinajstić information content (AvgIpc) is 3.04. The van der Waals surface area contributed by atoms with Crippen LogP contribution in [0, 0.1) is 5.92 Å². The highest BCUT2D eigenvalue weighted by Gasteiger charge is 2.07. The SMILES string of the molecule is C/C=C(\CNc1ccc(-c2ccc(CC(=O)O)cc2)[nH]1)C(C)CC. The van der Waals surface area contributed by atoms with Gasteiger partial charge in [0.05, 0.1) is 6.42 Å². The third-order valence-electron chi connectivity index (χ3n) is 4.41. The lowest BCUT2D eigenvalue weighted by atomic mass is 9.98. The molecule has 1 atom stereocenters. The number of H-pyrrole nitrogens is 1. The normalized spacial score (nSPS) is 12.9. The van der Waals surface area contributed by atoms with E-state index >= 15 is 0 Å². The summed E-state index contributed by atoms with van der Waals surface area (Å²) in [7, 11) is 0. The predicted molar refractivity (Wildman–Crippen MR) is 99.3 cm³/mol. The number of anilines is 1. The van der Waals surface area contributed by atoms with Gasteiger partial charge in [0, 0.05) is 12.2 Å². The van der Waals surface area contributed by atoms with E-state index in [1.165, 1.54) is 5.57 Å². The first-order chi connectivity index (χ1) is 11.5. The molecule has 0 radical (unpaired) electrons. The van der Waals surface area contributed by atoms with Gasteiger partial charge in [-0.15, -0.1) is 0 Å². The number of benzene rings is 1. The van der Waals surface area contributed by atoms with E-state index in [0.29, 0.717) is 5.92 Å². The Hall–Kier alpha value is -2.49. The Labute approximate surface area is 143 Å². The standard InChI is InChI=1S/C20H26N2O2/c1-4-14(3)16(5-2)13-21-19-11-10-18(22-19)17-8-6-15(7-9-17)12-20(23)24/h5-11,14,21-22H,4,12-13H2,1-3H3,(H,23,24)/b16-5+. The molecule has 1 aromatic carbocycles. The van der Waals surface area contributed by atoms with Gasteiger partial charge in [-0.25, -0.2) is 0 Å². The quantitative estimate of drug-likeness (QED) is 0.615. The van der Waals surface area contributed by atoms with Gasteiger partial charge in [0.25, 0.3) is 0 Å². The van der Waals surface area contributed by atoms with Gasteiger partial charge in [-0.2, -0.15) is 0 Å². The summed E-state index contributed by atoms with van der Waals surface area (Å²) in [5.74, 6) is 0.760. The summed E-state index contributed by atoms with van der Waals surface area (Å²) in [6.07, 6.45) is 3.38. The molecule has 1 aromatic heterocycles. The number of hydrogen-bond donors (Lipinski definition) is 3. The minimum Gasteiger partial charge on any atom is -0.481 e. The molecule has 1 unspecified atom stereocenters. The number of allylic oxidation sites excluding steroid dienone is 1. The second kappa shape index (κ2) is 8.39. The highest BCUT2D eigenvalue weighted by atomic mass is 16.4. The van der Waals surface area contributed by atoms with Crippen LogP contribution in [0.4, 0.5) is 5.82 Å². The molecular weight excluding hydrogens is 300 g/mol. The van der Waals surface area contributed by atoms with Gasteiger partial charge < -0.3 is 15.4 Å². The number of hydrogen-bond acceptors (Lipinski definition) is 2. The van der Waals surface area contributed by atoms with Gasteiger partial charge in [-0.1, -0.05) is 49.8 Å². The smallest absolute Gasteiger partial charge is 0.307 e. The second-order valence-corrected chi connectivity index (χ2v) is 6.08. The maximum atomic E-state index is 10.7. The minimum atomic E-state index is -0.810. The lowest BCUT2D eigenvalue weighted by Crippen LogP contribution is -2.10. The van der Waals surface area contributed by atoms with Crippen molar-refractivity contribution in [3.8, 4) is 11.3 Å². The number of nitrogens with one attached hydrogen (secondary N) is 2. The average molecular weight is 326 g/mol. The van der Waals surface area contributed by atoms with E-state index in [1.54, 1.807) is 0 Å². The van der Waals surface area contributed by atoms with Crippen LogP contribution in [0.2, 0.25) is 0 Å². The van der Waals surface area contributed by atoms with E-state index in [-0.39, 0.29) is 6.42 Å². The van der Waals surface area contributed by atoms with E-state index in [0.717, 1.165) is 35.6 Å². The van der Waals surface area contributed by atoms with Crippen LogP contribution in [-0.2, 0) is 11.2 Å². The van der Waals surface area contributed by atoms with Crippen molar-refractivity contribution in [2.45, 2.75) is 33.6 Å². The number of aromatic amines is 1. The maximum absolute atomic E-state index is 10.7. The summed E-state index contributed by atoms with van der Waals surface area (Å²) in [6, 6.07) is 11.7. The lowest BCUT2D eigenvalue weighted by Gasteiger charge is -2.14. The monoisotopic (exact) mass is 326 g/mol. The predicted octanol–water partition coefficient (Wildman–Crippen LogP) is 4.71. The fraction of sp³-hybridized carbons (Fsp3) is 0.350. The van der Waals surface area contributed by atoms with Gasteiger partial charge in [0.1, 0.15) is 5.82 Å². The third kappa shape index (κ3) is 4.75. The molecule has 0 aliphatic carbocycles. The first-order valence-corrected chi connectivity index (χ1v) is 8.42. The van der Waals surface area contributed by atoms with E-state index in [2.05, 4.69) is 37.1 Å². The largest absolute Gasteiger partial charge is 0.481 e. The van der Waals surface area contributed by atoms with Crippen LogP contribution >= 0.6 is 0 Å². The maximum Gasteiger partial charge on any atom is 0.307 e. The van der Waals surface area contributed by atoms with Crippen molar-refractivity contribution in [1.29, 1.82) is 0 Å². The zero-order valence-electron chi connectivity index (χ0n) is 14.6. The number of carboxylic acids is 1. The zero-order chi connectivity index (χ0) is 17.5. The molecule has 0 aliphatic heterocycles. The van der Waals surface area contributed by atoms with Crippen molar-refractivity contribution in [2.75, 3.05) is 11.9 Å². The van der Waals surface area contributed by atoms with Crippen molar-refractivity contribution in [2.24, 2.45) is 5.92 Å². The van der Waals surface area contributed by atoms with E-state index in [4.69, 9.17) is 5.11 Å². The minimum absolute atomic E-state index is 0.0551. The highest BCUT2D eigenvalue weighted by Crippen LogP contribution is 2.22. The molecule has 2 aromatic rings. The van der Waals surface area contributed by atoms with E-state index < -0.39 is 5.97 Å². The van der Waals surface area contributed by atoms with Crippen molar-refractivity contribution in [1.82, 2.24) is 4.98 Å². The number of aromatic nitrogens is 1. The summed E-state index contributed by atoms with van der Waals surface area (Å²) >= 11 is 0. The molecular formula is C20H26N2O2. The summed E-state index contributed by atoms with van der Waals surface area (Å²) in [6.45, 7) is 7.37. The van der Waals surface area contributed by atoms with E-state index in [9.17, 15) is 4.79 Å². The molecule has 1 heterocycles. The van der Waals surface area contributed by atoms with Crippen molar-refractivity contribution in [3.63, 3.8) is 0 Å². The Morgan fingerprint density at radius 1 is 1.25 bits per heavy atom. The number of aliphatic carboxylic acids is 1. The Bertz CT molecular complexity index is 699. The first kappa shape index (κ1) is 17.9. The molecule has 24 heavy (non-hydrogen) atoms. The molecule has 2 rings (SSSR count). The summed E-state index contributed by atoms with van der Waals surface area (Å²) in [5, 5.41) is 12.3. The van der Waals surface area contributed by atoms with E-state index in [1.807, 2.05) is 36.4 Å². The molecule has 0 amide bonds. The van der Waals surface area contributed by atoms with Crippen LogP contribution in [0.15, 0.2) is 48.0 Å². The fourth-order valence-electron chi connectivity index (χ4n) is 2.66. The lowest BCUT2D eigenvalue weighted by molar-refractivity contribution is -0.136. The number of carboxylic acid groups (broad SMARTS) is 1. The second-order valence-electron chi connectivity index (χ2n) is 6.08. The fourth-order valence-corrected chi connectivity index (χ4v) is 2.66. The van der Waals surface area contributed by atoms with Gasteiger partial charge in [0.2, 0.25) is 0 Å². The van der Waals surface area contributed by atoms with Gasteiger partial charge in [-0.3, -0.25) is 4.79 Å². The van der Waals surface area contributed by atoms with Crippen molar-refractivity contribution in [3.05, 3.63) is 53.6 Å². The topological polar surface area (TPSA) is 65.1 Å². The Kier molecular flexibility index (Phi) is 6.24. The van der Waals surface area contributed by atoms with Crippen LogP contribution in [-0.4, -0.2) is 22.6 Å². The van der Waals surface area contributed by atoms with Crippen LogP contribution in [0.3, 0.4) is 0 Å². The summed E-state index contributed by atoms with van der Waals surface area (Å²) in [4.78, 5) is 14.1. The molecule has 0 aliphatic rings. The molecule has 4 heteroatoms. The Morgan fingerprint density at radius 2 is 1.96 bits per heavy atom. The van der Waals surface area contributed by atoms with Crippen LogP contribution in [0.25, 0.3) is 11.3 Å². The summed E-state index contributed by atoms with van der Waals surface area (Å²) in [5.41, 5.74) is 4.28. The van der Waals surface area contributed by atoms with Crippen molar-refractivity contribution < 1.29 is 9.90 Å². The molecule has 3 N–H and O–H groups in total. The highest BCUT2D eigenvalue weighted by molar-refractivity contribution is 5.71. The van der Waals surface area contributed by atoms with Gasteiger partial charge >= 0.3 is 5.97 Å². The third-order valence-corrected chi connectivity index (χ3v) is 4.41. The number of rotatable bonds is 8. The molecule has 4 nitrogen and oxygen atoms in total. The molecule has 0 spiro atoms. The molecule has 128 valence electrons. The zero-order valence-corrected chi connectivity index (χ0v) is 14.6. The molecule has 0 saturated carbocycles. The van der Waals surface area contributed by atoms with Crippen LogP contribution in [0.5, 0.6) is 0 Å². The van der Waals surface area contributed by atoms with Gasteiger partial charge in [-0.05, 0) is 42.5 Å². The van der Waals surface area contributed by atoms with Crippen molar-refractivity contribution >= 4 is 11.8 Å². The Morgan fingerprint density at radius 3 is 2.54 bits per heavy atom. The number of carbonyl (C=O) groups is 1. The Balaban J connectivity index is 2.01. The molecule has 0 bridgehead atoms. The van der Waals surface area contributed by atoms with Crippen LogP contribution in [0.1, 0.15) is 32.8 Å². The van der Waals surface area contributed by atoms with Crippen LogP contribution < -0.4 is 5.32 Å². The summed E-state index contributed by atoms with van der Waals surface area (Å²) < 4.78 is 0. The van der Waals surface area contributed by atoms with Gasteiger partial charge in [0.15, 0.2) is 0 Å². The molecule has 0 saturated heterocycles. The molecule has 0 fully saturated rings. The first-order valence-electron chi connectivity index (χ1n) is 8.42.